The Balaban J connectivity index is 1.56. The zero-order valence-electron chi connectivity index (χ0n) is 23.9. The van der Waals surface area contributed by atoms with E-state index in [1.807, 2.05) is 70.9 Å². The molecule has 6 rings (SSSR count). The fourth-order valence-corrected chi connectivity index (χ4v) is 6.85. The van der Waals surface area contributed by atoms with E-state index in [9.17, 15) is 9.59 Å². The molecule has 0 radical (unpaired) electrons. The molecule has 3 aromatic heterocycles. The number of fused-ring (bicyclic) bond motifs is 1. The van der Waals surface area contributed by atoms with E-state index in [-0.39, 0.29) is 12.2 Å². The SMILES string of the molecule is CCOC(=O)C1=C(C)N=c2s/c(=C\c3cn(-c4ccccc4)nc3-c3cccs3)c(=O)n2[C@H]1c1ccc(OC)c(OC)c1. The number of thiophene rings is 1. The molecule has 0 unspecified atom stereocenters. The van der Waals surface area contributed by atoms with Crippen LogP contribution in [0.1, 0.15) is 31.0 Å². The van der Waals surface area contributed by atoms with E-state index in [1.165, 1.54) is 11.3 Å². The van der Waals surface area contributed by atoms with Gasteiger partial charge >= 0.3 is 5.97 Å². The highest BCUT2D eigenvalue weighted by atomic mass is 32.1. The van der Waals surface area contributed by atoms with E-state index >= 15 is 0 Å². The van der Waals surface area contributed by atoms with Crippen molar-refractivity contribution in [1.82, 2.24) is 14.3 Å². The molecule has 1 atom stereocenters. The Labute approximate surface area is 255 Å². The van der Waals surface area contributed by atoms with Gasteiger partial charge in [0.1, 0.15) is 5.69 Å². The van der Waals surface area contributed by atoms with E-state index < -0.39 is 12.0 Å². The first-order valence-electron chi connectivity index (χ1n) is 13.5. The molecule has 0 saturated carbocycles. The van der Waals surface area contributed by atoms with Crippen LogP contribution in [-0.2, 0) is 9.53 Å². The third-order valence-corrected chi connectivity index (χ3v) is 8.90. The normalized spacial score (nSPS) is 14.8. The molecular formula is C32H28N4O5S2. The minimum absolute atomic E-state index is 0.190. The number of methoxy groups -OCH3 is 2. The highest BCUT2D eigenvalue weighted by molar-refractivity contribution is 7.13. The molecule has 1 aliphatic heterocycles. The van der Waals surface area contributed by atoms with Crippen LogP contribution in [0.4, 0.5) is 0 Å². The summed E-state index contributed by atoms with van der Waals surface area (Å²) in [6.45, 7) is 3.70. The summed E-state index contributed by atoms with van der Waals surface area (Å²) < 4.78 is 20.2. The average Bonchev–Trinajstić information content (AvgIpc) is 3.77. The molecule has 9 nitrogen and oxygen atoms in total. The van der Waals surface area contributed by atoms with Gasteiger partial charge in [-0.3, -0.25) is 9.36 Å². The number of rotatable bonds is 8. The number of para-hydroxylation sites is 1. The number of aromatic nitrogens is 3. The van der Waals surface area contributed by atoms with Crippen LogP contribution in [0.3, 0.4) is 0 Å². The summed E-state index contributed by atoms with van der Waals surface area (Å²) in [7, 11) is 3.10. The summed E-state index contributed by atoms with van der Waals surface area (Å²) in [6.07, 6.45) is 3.77. The number of carbonyl (C=O) groups is 1. The standard InChI is InChI=1S/C32H28N4O5S2/c1-5-41-31(38)27-19(2)33-32-36(29(27)20-13-14-23(39-3)24(16-20)40-4)30(37)26(43-32)17-21-18-35(22-10-7-6-8-11-22)34-28(21)25-12-9-15-42-25/h6-18,29H,5H2,1-4H3/b26-17-/t29-/m0/s1. The van der Waals surface area contributed by atoms with Crippen molar-refractivity contribution in [2.45, 2.75) is 19.9 Å². The largest absolute Gasteiger partial charge is 0.493 e. The van der Waals surface area contributed by atoms with Gasteiger partial charge in [0.05, 0.1) is 53.2 Å². The first-order chi connectivity index (χ1) is 20.9. The van der Waals surface area contributed by atoms with Crippen molar-refractivity contribution in [3.05, 3.63) is 114 Å². The first kappa shape index (κ1) is 28.4. The number of ether oxygens (including phenoxy) is 3. The molecule has 0 bridgehead atoms. The average molecular weight is 613 g/mol. The lowest BCUT2D eigenvalue weighted by molar-refractivity contribution is -0.139. The number of hydrogen-bond acceptors (Lipinski definition) is 9. The zero-order chi connectivity index (χ0) is 30.1. The monoisotopic (exact) mass is 612 g/mol. The van der Waals surface area contributed by atoms with Gasteiger partial charge in [0, 0.05) is 11.8 Å². The molecule has 5 aromatic rings. The van der Waals surface area contributed by atoms with Crippen LogP contribution in [0.2, 0.25) is 0 Å². The Morgan fingerprint density at radius 2 is 1.84 bits per heavy atom. The third kappa shape index (κ3) is 5.21. The van der Waals surface area contributed by atoms with Crippen molar-refractivity contribution in [3.63, 3.8) is 0 Å². The molecule has 43 heavy (non-hydrogen) atoms. The summed E-state index contributed by atoms with van der Waals surface area (Å²) in [5, 5.41) is 6.87. The zero-order valence-corrected chi connectivity index (χ0v) is 25.6. The molecule has 0 aliphatic carbocycles. The molecule has 1 aliphatic rings. The minimum atomic E-state index is -0.777. The van der Waals surface area contributed by atoms with Gasteiger partial charge in [0.15, 0.2) is 16.3 Å². The number of hydrogen-bond donors (Lipinski definition) is 0. The molecule has 4 heterocycles. The van der Waals surface area contributed by atoms with Crippen molar-refractivity contribution < 1.29 is 19.0 Å². The summed E-state index contributed by atoms with van der Waals surface area (Å²) in [6, 6.07) is 18.4. The van der Waals surface area contributed by atoms with E-state index in [2.05, 4.69) is 0 Å². The molecule has 11 heteroatoms. The Morgan fingerprint density at radius 1 is 1.05 bits per heavy atom. The van der Waals surface area contributed by atoms with Gasteiger partial charge in [-0.1, -0.05) is 41.7 Å². The van der Waals surface area contributed by atoms with Crippen LogP contribution in [0.25, 0.3) is 22.3 Å². The second-order valence-electron chi connectivity index (χ2n) is 9.61. The fraction of sp³-hybridized carbons (Fsp3) is 0.188. The second-order valence-corrected chi connectivity index (χ2v) is 11.6. The van der Waals surface area contributed by atoms with Crippen LogP contribution in [0, 0.1) is 0 Å². The lowest BCUT2D eigenvalue weighted by atomic mass is 9.95. The molecule has 0 spiro atoms. The van der Waals surface area contributed by atoms with E-state index in [4.69, 9.17) is 24.3 Å². The van der Waals surface area contributed by atoms with E-state index in [1.54, 1.807) is 56.1 Å². The summed E-state index contributed by atoms with van der Waals surface area (Å²) in [4.78, 5) is 33.7. The highest BCUT2D eigenvalue weighted by Gasteiger charge is 2.34. The van der Waals surface area contributed by atoms with Gasteiger partial charge in [-0.2, -0.15) is 5.10 Å². The minimum Gasteiger partial charge on any atom is -0.493 e. The molecule has 0 saturated heterocycles. The highest BCUT2D eigenvalue weighted by Crippen LogP contribution is 2.36. The third-order valence-electron chi connectivity index (χ3n) is 7.04. The topological polar surface area (TPSA) is 96.9 Å². The predicted molar refractivity (Wildman–Crippen MR) is 167 cm³/mol. The van der Waals surface area contributed by atoms with E-state index in [0.717, 1.165) is 21.8 Å². The van der Waals surface area contributed by atoms with Gasteiger partial charge in [0.25, 0.3) is 5.56 Å². The smallest absolute Gasteiger partial charge is 0.338 e. The number of allylic oxidation sites excluding steroid dienone is 1. The molecule has 0 amide bonds. The van der Waals surface area contributed by atoms with Gasteiger partial charge in [-0.15, -0.1) is 11.3 Å². The fourth-order valence-electron chi connectivity index (χ4n) is 5.08. The van der Waals surface area contributed by atoms with Crippen LogP contribution in [0.15, 0.2) is 93.3 Å². The van der Waals surface area contributed by atoms with Crippen LogP contribution in [-0.4, -0.2) is 41.1 Å². The Hall–Kier alpha value is -4.74. The van der Waals surface area contributed by atoms with Crippen molar-refractivity contribution in [3.8, 4) is 27.8 Å². The summed E-state index contributed by atoms with van der Waals surface area (Å²) >= 11 is 2.85. The lowest BCUT2D eigenvalue weighted by Crippen LogP contribution is -2.40. The Bertz CT molecular complexity index is 2020. The van der Waals surface area contributed by atoms with Crippen molar-refractivity contribution in [2.75, 3.05) is 20.8 Å². The molecule has 2 aromatic carbocycles. The van der Waals surface area contributed by atoms with Gasteiger partial charge in [0.2, 0.25) is 0 Å². The van der Waals surface area contributed by atoms with Gasteiger partial charge in [-0.25, -0.2) is 14.5 Å². The summed E-state index contributed by atoms with van der Waals surface area (Å²) in [5.41, 5.74) is 3.64. The summed E-state index contributed by atoms with van der Waals surface area (Å²) in [5.74, 6) is 0.490. The Morgan fingerprint density at radius 3 is 2.53 bits per heavy atom. The molecule has 0 fully saturated rings. The maximum absolute atomic E-state index is 14.2. The van der Waals surface area contributed by atoms with Gasteiger partial charge in [-0.05, 0) is 61.2 Å². The second kappa shape index (κ2) is 11.9. The Kier molecular flexibility index (Phi) is 7.83. The lowest BCUT2D eigenvalue weighted by Gasteiger charge is -2.25. The van der Waals surface area contributed by atoms with Crippen LogP contribution < -0.4 is 24.4 Å². The number of esters is 1. The van der Waals surface area contributed by atoms with Crippen molar-refractivity contribution in [1.29, 1.82) is 0 Å². The van der Waals surface area contributed by atoms with Crippen molar-refractivity contribution >= 4 is 34.7 Å². The van der Waals surface area contributed by atoms with E-state index in [0.29, 0.717) is 37.7 Å². The maximum Gasteiger partial charge on any atom is 0.338 e. The van der Waals surface area contributed by atoms with Crippen molar-refractivity contribution in [2.24, 2.45) is 4.99 Å². The quantitative estimate of drug-likeness (QED) is 0.235. The molecule has 218 valence electrons. The maximum atomic E-state index is 14.2. The number of thiazole rings is 1. The van der Waals surface area contributed by atoms with Crippen LogP contribution >= 0.6 is 22.7 Å². The predicted octanol–water partition coefficient (Wildman–Crippen LogP) is 4.73. The number of benzene rings is 2. The number of nitrogens with zero attached hydrogens (tertiary/aromatic N) is 4. The number of carbonyl (C=O) groups excluding carboxylic acids is 1. The van der Waals surface area contributed by atoms with Crippen LogP contribution in [0.5, 0.6) is 11.5 Å². The molecule has 0 N–H and O–H groups in total. The first-order valence-corrected chi connectivity index (χ1v) is 15.2. The molecular weight excluding hydrogens is 585 g/mol. The van der Waals surface area contributed by atoms with Gasteiger partial charge < -0.3 is 14.2 Å².